The molecule has 2 aromatic heterocycles. The standard InChI is InChI=1S/C18H21F2N5O3S/c1-5-14(26)12-10-22-16(23-11(2)25(3)4)9-13(12)24-17-15(7-6-8-21-17)29(27,28)18(19)20/h6-10,18H,2,5H2,1,3-4H3,(H2,21,22,23,24). The molecule has 0 aliphatic rings. The van der Waals surface area contributed by atoms with Crippen molar-refractivity contribution in [1.82, 2.24) is 14.9 Å². The van der Waals surface area contributed by atoms with E-state index < -0.39 is 20.5 Å². The normalized spacial score (nSPS) is 11.2. The van der Waals surface area contributed by atoms with Crippen molar-refractivity contribution in [2.24, 2.45) is 0 Å². The lowest BCUT2D eigenvalue weighted by Crippen LogP contribution is -2.18. The summed E-state index contributed by atoms with van der Waals surface area (Å²) in [6.45, 7) is 5.47. The quantitative estimate of drug-likeness (QED) is 0.590. The van der Waals surface area contributed by atoms with Gasteiger partial charge in [0.1, 0.15) is 16.5 Å². The highest BCUT2D eigenvalue weighted by Gasteiger charge is 2.30. The van der Waals surface area contributed by atoms with Crippen LogP contribution in [0.15, 0.2) is 47.9 Å². The summed E-state index contributed by atoms with van der Waals surface area (Å²) in [4.78, 5) is 21.3. The molecular formula is C18H21F2N5O3S. The van der Waals surface area contributed by atoms with Gasteiger partial charge in [0.15, 0.2) is 5.78 Å². The number of Topliss-reactive ketones (excluding diaryl/α,β-unsaturated/α-hetero) is 1. The average Bonchev–Trinajstić information content (AvgIpc) is 2.67. The third-order valence-electron chi connectivity index (χ3n) is 3.90. The van der Waals surface area contributed by atoms with Crippen LogP contribution in [-0.2, 0) is 9.84 Å². The fraction of sp³-hybridized carbons (Fsp3) is 0.278. The zero-order valence-electron chi connectivity index (χ0n) is 16.1. The van der Waals surface area contributed by atoms with Crippen molar-refractivity contribution in [3.63, 3.8) is 0 Å². The lowest BCUT2D eigenvalue weighted by Gasteiger charge is -2.18. The minimum atomic E-state index is -4.90. The minimum Gasteiger partial charge on any atom is -0.365 e. The van der Waals surface area contributed by atoms with Crippen LogP contribution in [0.25, 0.3) is 0 Å². The molecule has 0 saturated heterocycles. The SMILES string of the molecule is C=C(Nc1cc(Nc2ncccc2S(=O)(=O)C(F)F)c(C(=O)CC)cn1)N(C)C. The van der Waals surface area contributed by atoms with E-state index in [-0.39, 0.29) is 29.3 Å². The topological polar surface area (TPSA) is 104 Å². The fourth-order valence-corrected chi connectivity index (χ4v) is 3.07. The van der Waals surface area contributed by atoms with Crippen LogP contribution in [0.5, 0.6) is 0 Å². The maximum absolute atomic E-state index is 13.0. The summed E-state index contributed by atoms with van der Waals surface area (Å²) in [5.74, 6) is -3.37. The van der Waals surface area contributed by atoms with E-state index in [4.69, 9.17) is 0 Å². The first-order chi connectivity index (χ1) is 13.6. The van der Waals surface area contributed by atoms with E-state index in [0.29, 0.717) is 11.6 Å². The van der Waals surface area contributed by atoms with Crippen LogP contribution in [0.3, 0.4) is 0 Å². The number of anilines is 3. The maximum atomic E-state index is 13.0. The third kappa shape index (κ3) is 5.05. The molecule has 0 fully saturated rings. The molecular weight excluding hydrogens is 404 g/mol. The highest BCUT2D eigenvalue weighted by Crippen LogP contribution is 2.29. The molecule has 0 aliphatic carbocycles. The number of ketones is 1. The van der Waals surface area contributed by atoms with E-state index in [0.717, 1.165) is 6.07 Å². The predicted octanol–water partition coefficient (Wildman–Crippen LogP) is 3.25. The second kappa shape index (κ2) is 8.95. The van der Waals surface area contributed by atoms with Crippen LogP contribution in [0.2, 0.25) is 0 Å². The highest BCUT2D eigenvalue weighted by molar-refractivity contribution is 7.91. The maximum Gasteiger partial charge on any atom is 0.341 e. The molecule has 2 heterocycles. The number of carbonyl (C=O) groups excluding carboxylic acids is 1. The van der Waals surface area contributed by atoms with Gasteiger partial charge in [-0.25, -0.2) is 18.4 Å². The van der Waals surface area contributed by atoms with Gasteiger partial charge in [-0.1, -0.05) is 13.5 Å². The number of nitrogens with zero attached hydrogens (tertiary/aromatic N) is 3. The first-order valence-electron chi connectivity index (χ1n) is 8.48. The molecule has 0 atom stereocenters. The monoisotopic (exact) mass is 425 g/mol. The Balaban J connectivity index is 2.54. The molecule has 0 amide bonds. The molecule has 0 bridgehead atoms. The van der Waals surface area contributed by atoms with Crippen molar-refractivity contribution in [3.8, 4) is 0 Å². The van der Waals surface area contributed by atoms with Crippen LogP contribution >= 0.6 is 0 Å². The zero-order chi connectivity index (χ0) is 21.8. The Bertz CT molecular complexity index is 1030. The van der Waals surface area contributed by atoms with Gasteiger partial charge in [-0.2, -0.15) is 8.78 Å². The van der Waals surface area contributed by atoms with Gasteiger partial charge in [0.05, 0.1) is 17.1 Å². The fourth-order valence-electron chi connectivity index (χ4n) is 2.24. The van der Waals surface area contributed by atoms with E-state index >= 15 is 0 Å². The molecule has 156 valence electrons. The number of carbonyl (C=O) groups is 1. The summed E-state index contributed by atoms with van der Waals surface area (Å²) in [5.41, 5.74) is 0.338. The largest absolute Gasteiger partial charge is 0.365 e. The molecule has 8 nitrogen and oxygen atoms in total. The van der Waals surface area contributed by atoms with Gasteiger partial charge in [0.25, 0.3) is 0 Å². The summed E-state index contributed by atoms with van der Waals surface area (Å²) < 4.78 is 50.0. The van der Waals surface area contributed by atoms with E-state index in [2.05, 4.69) is 27.2 Å². The number of hydrogen-bond acceptors (Lipinski definition) is 8. The van der Waals surface area contributed by atoms with E-state index in [9.17, 15) is 22.0 Å². The molecule has 0 spiro atoms. The Kier molecular flexibility index (Phi) is 6.85. The van der Waals surface area contributed by atoms with Crippen LogP contribution < -0.4 is 10.6 Å². The Morgan fingerprint density at radius 1 is 1.31 bits per heavy atom. The lowest BCUT2D eigenvalue weighted by atomic mass is 10.1. The Morgan fingerprint density at radius 3 is 2.59 bits per heavy atom. The summed E-state index contributed by atoms with van der Waals surface area (Å²) in [6, 6.07) is 3.70. The third-order valence-corrected chi connectivity index (χ3v) is 5.31. The summed E-state index contributed by atoms with van der Waals surface area (Å²) in [6.07, 6.45) is 2.73. The van der Waals surface area contributed by atoms with E-state index in [1.165, 1.54) is 24.5 Å². The zero-order valence-corrected chi connectivity index (χ0v) is 16.9. The number of aromatic nitrogens is 2. The molecule has 2 rings (SSSR count). The number of sulfone groups is 1. The molecule has 2 N–H and O–H groups in total. The minimum absolute atomic E-state index is 0.165. The molecule has 11 heteroatoms. The van der Waals surface area contributed by atoms with Crippen molar-refractivity contribution in [1.29, 1.82) is 0 Å². The molecule has 0 radical (unpaired) electrons. The molecule has 0 aliphatic heterocycles. The van der Waals surface area contributed by atoms with Gasteiger partial charge < -0.3 is 15.5 Å². The summed E-state index contributed by atoms with van der Waals surface area (Å²) >= 11 is 0. The first-order valence-corrected chi connectivity index (χ1v) is 10.0. The molecule has 0 unspecified atom stereocenters. The van der Waals surface area contributed by atoms with Crippen molar-refractivity contribution < 1.29 is 22.0 Å². The van der Waals surface area contributed by atoms with Gasteiger partial charge in [-0.3, -0.25) is 4.79 Å². The lowest BCUT2D eigenvalue weighted by molar-refractivity contribution is 0.0988. The molecule has 0 saturated carbocycles. The van der Waals surface area contributed by atoms with Crippen LogP contribution in [0.1, 0.15) is 23.7 Å². The van der Waals surface area contributed by atoms with Gasteiger partial charge in [0, 0.05) is 39.0 Å². The molecule has 0 aromatic carbocycles. The van der Waals surface area contributed by atoms with Crippen molar-refractivity contribution in [2.45, 2.75) is 24.0 Å². The number of nitrogens with one attached hydrogen (secondary N) is 2. The van der Waals surface area contributed by atoms with Gasteiger partial charge in [-0.15, -0.1) is 0 Å². The van der Waals surface area contributed by atoms with Crippen LogP contribution in [0.4, 0.5) is 26.1 Å². The number of halogens is 2. The van der Waals surface area contributed by atoms with Crippen molar-refractivity contribution >= 4 is 32.9 Å². The van der Waals surface area contributed by atoms with Crippen molar-refractivity contribution in [3.05, 3.63) is 48.6 Å². The highest BCUT2D eigenvalue weighted by atomic mass is 32.2. The van der Waals surface area contributed by atoms with Gasteiger partial charge in [0.2, 0.25) is 9.84 Å². The number of pyridine rings is 2. The van der Waals surface area contributed by atoms with Gasteiger partial charge in [-0.05, 0) is 12.1 Å². The number of hydrogen-bond donors (Lipinski definition) is 2. The second-order valence-electron chi connectivity index (χ2n) is 6.14. The smallest absolute Gasteiger partial charge is 0.341 e. The molecule has 29 heavy (non-hydrogen) atoms. The summed E-state index contributed by atoms with van der Waals surface area (Å²) in [5, 5.41) is 5.62. The van der Waals surface area contributed by atoms with Crippen molar-refractivity contribution in [2.75, 3.05) is 24.7 Å². The van der Waals surface area contributed by atoms with Crippen LogP contribution in [-0.4, -0.2) is 48.9 Å². The Labute approximate surface area is 167 Å². The summed E-state index contributed by atoms with van der Waals surface area (Å²) in [7, 11) is -1.38. The Morgan fingerprint density at radius 2 is 2.00 bits per heavy atom. The Hall–Kier alpha value is -3.08. The molecule has 2 aromatic rings. The predicted molar refractivity (Wildman–Crippen MR) is 106 cm³/mol. The van der Waals surface area contributed by atoms with E-state index in [1.54, 1.807) is 25.9 Å². The van der Waals surface area contributed by atoms with Gasteiger partial charge >= 0.3 is 5.76 Å². The number of rotatable bonds is 9. The first kappa shape index (κ1) is 22.2. The van der Waals surface area contributed by atoms with E-state index in [1.807, 2.05) is 0 Å². The second-order valence-corrected chi connectivity index (χ2v) is 8.02. The van der Waals surface area contributed by atoms with Crippen LogP contribution in [0, 0.1) is 0 Å². The number of alkyl halides is 2. The average molecular weight is 425 g/mol.